The van der Waals surface area contributed by atoms with E-state index in [-0.39, 0.29) is 5.56 Å². The lowest BCUT2D eigenvalue weighted by Crippen LogP contribution is -2.18. The minimum Gasteiger partial charge on any atom is -0.487 e. The number of rotatable bonds is 15. The topological polar surface area (TPSA) is 74.3 Å². The van der Waals surface area contributed by atoms with E-state index in [9.17, 15) is 9.90 Å². The van der Waals surface area contributed by atoms with Crippen molar-refractivity contribution in [2.75, 3.05) is 13.1 Å². The number of pyridine rings is 1. The molecule has 1 aromatic heterocycles. The number of unbranched alkanes of at least 4 members (excludes halogenated alkanes) is 4. The lowest BCUT2D eigenvalue weighted by Gasteiger charge is -2.16. The van der Waals surface area contributed by atoms with Gasteiger partial charge in [0, 0.05) is 11.5 Å². The number of H-pyrrole nitrogens is 1. The Bertz CT molecular complexity index is 1270. The van der Waals surface area contributed by atoms with Crippen molar-refractivity contribution < 1.29 is 9.84 Å². The number of benzene rings is 3. The summed E-state index contributed by atoms with van der Waals surface area (Å²) in [5, 5.41) is 15.3. The largest absolute Gasteiger partial charge is 0.487 e. The van der Waals surface area contributed by atoms with Gasteiger partial charge in [-0.25, -0.2) is 0 Å². The average Bonchev–Trinajstić information content (AvgIpc) is 2.93. The van der Waals surface area contributed by atoms with Gasteiger partial charge in [0.2, 0.25) is 5.56 Å². The number of hydrogen-bond acceptors (Lipinski definition) is 4. The third kappa shape index (κ3) is 8.31. The molecule has 0 amide bonds. The lowest BCUT2D eigenvalue weighted by molar-refractivity contribution is 0.164. The molecule has 3 N–H and O–H groups in total. The molecule has 0 saturated heterocycles. The molecule has 0 saturated carbocycles. The van der Waals surface area contributed by atoms with Crippen LogP contribution in [0.25, 0.3) is 10.9 Å². The summed E-state index contributed by atoms with van der Waals surface area (Å²) >= 11 is 0. The fraction of sp³-hybridized carbons (Fsp3) is 0.344. The molecule has 0 spiro atoms. The van der Waals surface area contributed by atoms with Crippen molar-refractivity contribution in [2.24, 2.45) is 0 Å². The van der Waals surface area contributed by atoms with Gasteiger partial charge in [-0.2, -0.15) is 0 Å². The van der Waals surface area contributed by atoms with Crippen molar-refractivity contribution in [3.8, 4) is 5.75 Å². The molecule has 0 aliphatic rings. The fourth-order valence-electron chi connectivity index (χ4n) is 4.67. The van der Waals surface area contributed by atoms with Crippen LogP contribution in [-0.2, 0) is 13.0 Å². The van der Waals surface area contributed by atoms with Crippen LogP contribution < -0.4 is 15.6 Å². The maximum Gasteiger partial charge on any atom is 0.248 e. The molecule has 4 rings (SSSR count). The van der Waals surface area contributed by atoms with Gasteiger partial charge in [-0.15, -0.1) is 0 Å². The number of aromatic amines is 1. The Balaban J connectivity index is 1.19. The van der Waals surface area contributed by atoms with Gasteiger partial charge >= 0.3 is 0 Å². The number of ether oxygens (including phenoxy) is 1. The van der Waals surface area contributed by atoms with Crippen molar-refractivity contribution in [3.05, 3.63) is 112 Å². The third-order valence-electron chi connectivity index (χ3n) is 6.75. The Morgan fingerprint density at radius 1 is 0.757 bits per heavy atom. The summed E-state index contributed by atoms with van der Waals surface area (Å²) < 4.78 is 6.02. The highest BCUT2D eigenvalue weighted by Gasteiger charge is 2.15. The van der Waals surface area contributed by atoms with Gasteiger partial charge in [0.05, 0.1) is 11.6 Å². The lowest BCUT2D eigenvalue weighted by atomic mass is 9.98. The molecule has 0 radical (unpaired) electrons. The molecule has 0 aliphatic heterocycles. The van der Waals surface area contributed by atoms with Crippen LogP contribution in [0.5, 0.6) is 5.75 Å². The molecule has 4 aromatic rings. The van der Waals surface area contributed by atoms with Crippen LogP contribution in [0.2, 0.25) is 0 Å². The standard InChI is InChI=1S/C32H38N2O3/c35-29(16-10-2-1-3-11-22-33-23-21-25-12-6-4-7-13-25)27-17-19-30(32-28(27)18-20-31(36)34-32)37-24-26-14-8-5-9-15-26/h4-9,12-15,17-20,29,33,35H,1-3,10-11,16,21-24H2,(H,34,36)/t29-/m1/s1. The Labute approximate surface area is 219 Å². The zero-order valence-electron chi connectivity index (χ0n) is 21.5. The Morgan fingerprint density at radius 2 is 1.46 bits per heavy atom. The van der Waals surface area contributed by atoms with E-state index in [0.29, 0.717) is 24.3 Å². The van der Waals surface area contributed by atoms with E-state index in [1.54, 1.807) is 6.07 Å². The second-order valence-electron chi connectivity index (χ2n) is 9.60. The van der Waals surface area contributed by atoms with Gasteiger partial charge < -0.3 is 20.1 Å². The molecule has 0 fully saturated rings. The molecular weight excluding hydrogens is 460 g/mol. The van der Waals surface area contributed by atoms with E-state index in [2.05, 4.69) is 40.6 Å². The predicted octanol–water partition coefficient (Wildman–Crippen LogP) is 6.31. The first kappa shape index (κ1) is 26.6. The van der Waals surface area contributed by atoms with E-state index in [1.165, 1.54) is 30.9 Å². The molecule has 0 aliphatic carbocycles. The van der Waals surface area contributed by atoms with Crippen LogP contribution in [0.4, 0.5) is 0 Å². The number of hydrogen-bond donors (Lipinski definition) is 3. The molecule has 37 heavy (non-hydrogen) atoms. The Hall–Kier alpha value is -3.41. The molecule has 5 nitrogen and oxygen atoms in total. The maximum absolute atomic E-state index is 12.0. The maximum atomic E-state index is 12.0. The summed E-state index contributed by atoms with van der Waals surface area (Å²) in [6, 6.07) is 27.6. The smallest absolute Gasteiger partial charge is 0.248 e. The van der Waals surface area contributed by atoms with Gasteiger partial charge in [0.1, 0.15) is 12.4 Å². The monoisotopic (exact) mass is 498 g/mol. The molecule has 194 valence electrons. The fourth-order valence-corrected chi connectivity index (χ4v) is 4.67. The summed E-state index contributed by atoms with van der Waals surface area (Å²) in [6.45, 7) is 2.49. The van der Waals surface area contributed by atoms with Gasteiger partial charge in [-0.1, -0.05) is 92.4 Å². The Kier molecular flexibility index (Phi) is 10.3. The van der Waals surface area contributed by atoms with Crippen LogP contribution in [-0.4, -0.2) is 23.2 Å². The zero-order chi connectivity index (χ0) is 25.7. The molecular formula is C32H38N2O3. The highest BCUT2D eigenvalue weighted by Crippen LogP contribution is 2.32. The van der Waals surface area contributed by atoms with Gasteiger partial charge in [0.25, 0.3) is 0 Å². The summed E-state index contributed by atoms with van der Waals surface area (Å²) in [5.74, 6) is 0.616. The number of aromatic nitrogens is 1. The summed E-state index contributed by atoms with van der Waals surface area (Å²) in [5.41, 5.74) is 3.72. The minimum absolute atomic E-state index is 0.182. The van der Waals surface area contributed by atoms with Gasteiger partial charge in [-0.3, -0.25) is 4.79 Å². The number of nitrogens with one attached hydrogen (secondary N) is 2. The van der Waals surface area contributed by atoms with E-state index in [0.717, 1.165) is 48.9 Å². The van der Waals surface area contributed by atoms with Crippen molar-refractivity contribution in [1.82, 2.24) is 10.3 Å². The number of fused-ring (bicyclic) bond motifs is 1. The van der Waals surface area contributed by atoms with Crippen LogP contribution in [0.1, 0.15) is 61.3 Å². The van der Waals surface area contributed by atoms with Crippen molar-refractivity contribution in [1.29, 1.82) is 0 Å². The number of aliphatic hydroxyl groups is 1. The van der Waals surface area contributed by atoms with E-state index in [4.69, 9.17) is 4.74 Å². The Morgan fingerprint density at radius 3 is 2.24 bits per heavy atom. The van der Waals surface area contributed by atoms with Crippen LogP contribution in [0.15, 0.2) is 89.7 Å². The first-order valence-corrected chi connectivity index (χ1v) is 13.5. The second kappa shape index (κ2) is 14.4. The molecule has 5 heteroatoms. The molecule has 1 atom stereocenters. The van der Waals surface area contributed by atoms with Crippen molar-refractivity contribution in [3.63, 3.8) is 0 Å². The van der Waals surface area contributed by atoms with E-state index in [1.807, 2.05) is 42.5 Å². The van der Waals surface area contributed by atoms with Gasteiger partial charge in [0.15, 0.2) is 0 Å². The van der Waals surface area contributed by atoms with E-state index < -0.39 is 6.10 Å². The quantitative estimate of drug-likeness (QED) is 0.168. The summed E-state index contributed by atoms with van der Waals surface area (Å²) in [7, 11) is 0. The minimum atomic E-state index is -0.573. The highest BCUT2D eigenvalue weighted by molar-refractivity contribution is 5.87. The molecule has 1 heterocycles. The van der Waals surface area contributed by atoms with E-state index >= 15 is 0 Å². The zero-order valence-corrected chi connectivity index (χ0v) is 21.5. The van der Waals surface area contributed by atoms with Gasteiger partial charge in [-0.05, 0) is 61.2 Å². The van der Waals surface area contributed by atoms with Crippen LogP contribution in [0, 0.1) is 0 Å². The van der Waals surface area contributed by atoms with Crippen LogP contribution >= 0.6 is 0 Å². The second-order valence-corrected chi connectivity index (χ2v) is 9.60. The third-order valence-corrected chi connectivity index (χ3v) is 6.75. The summed E-state index contributed by atoms with van der Waals surface area (Å²) in [6.07, 6.45) is 6.83. The predicted molar refractivity (Wildman–Crippen MR) is 151 cm³/mol. The summed E-state index contributed by atoms with van der Waals surface area (Å²) in [4.78, 5) is 14.9. The average molecular weight is 499 g/mol. The first-order valence-electron chi connectivity index (χ1n) is 13.5. The highest BCUT2D eigenvalue weighted by atomic mass is 16.5. The normalized spacial score (nSPS) is 12.0. The van der Waals surface area contributed by atoms with Crippen molar-refractivity contribution in [2.45, 2.75) is 57.7 Å². The SMILES string of the molecule is O=c1ccc2c([C@H](O)CCCCCCCNCCc3ccccc3)ccc(OCc3ccccc3)c2[nH]1. The molecule has 0 unspecified atom stereocenters. The van der Waals surface area contributed by atoms with Crippen molar-refractivity contribution >= 4 is 10.9 Å². The molecule has 3 aromatic carbocycles. The number of aliphatic hydroxyl groups excluding tert-OH is 1. The first-order chi connectivity index (χ1) is 18.2. The molecule has 0 bridgehead atoms. The van der Waals surface area contributed by atoms with Crippen LogP contribution in [0.3, 0.4) is 0 Å².